The van der Waals surface area contributed by atoms with Crippen LogP contribution in [-0.4, -0.2) is 50.2 Å². The summed E-state index contributed by atoms with van der Waals surface area (Å²) in [4.78, 5) is 25.2. The number of hydrogen-bond acceptors (Lipinski definition) is 4. The molecule has 0 saturated carbocycles. The van der Waals surface area contributed by atoms with E-state index in [1.165, 1.54) is 0 Å². The third kappa shape index (κ3) is 5.14. The average molecular weight is 347 g/mol. The Bertz CT molecular complexity index is 645. The van der Waals surface area contributed by atoms with Gasteiger partial charge in [0.2, 0.25) is 5.91 Å². The Kier molecular flexibility index (Phi) is 6.68. The molecule has 1 heterocycles. The summed E-state index contributed by atoms with van der Waals surface area (Å²) in [6.07, 6.45) is 6.15. The largest absolute Gasteiger partial charge is 0.493 e. The number of benzene rings is 1. The highest BCUT2D eigenvalue weighted by atomic mass is 16.5. The fourth-order valence-electron chi connectivity index (χ4n) is 2.94. The van der Waals surface area contributed by atoms with Crippen molar-refractivity contribution in [1.82, 2.24) is 10.2 Å². The molecule has 0 spiro atoms. The standard InChI is InChI=1S/C18H25N3O4/c1-24-15-8-6-13(11-16(15)25-2)7-9-17(22)21-10-4-3-5-14(21)12-20-18(19)23/h6-9,11,14H,3-5,10,12H2,1-2H3,(H3,19,20,23)/b9-7+/t14-/m1/s1. The molecule has 1 atom stereocenters. The summed E-state index contributed by atoms with van der Waals surface area (Å²) >= 11 is 0. The molecule has 7 nitrogen and oxygen atoms in total. The second-order valence-corrected chi connectivity index (χ2v) is 5.87. The van der Waals surface area contributed by atoms with E-state index in [-0.39, 0.29) is 11.9 Å². The number of rotatable bonds is 6. The third-order valence-electron chi connectivity index (χ3n) is 4.25. The van der Waals surface area contributed by atoms with Crippen LogP contribution in [0.25, 0.3) is 6.08 Å². The molecule has 0 unspecified atom stereocenters. The topological polar surface area (TPSA) is 93.9 Å². The average Bonchev–Trinajstić information content (AvgIpc) is 2.64. The molecule has 1 aromatic rings. The Morgan fingerprint density at radius 2 is 2.04 bits per heavy atom. The number of primary amides is 1. The van der Waals surface area contributed by atoms with Crippen molar-refractivity contribution < 1.29 is 19.1 Å². The van der Waals surface area contributed by atoms with Gasteiger partial charge in [-0.15, -0.1) is 0 Å². The van der Waals surface area contributed by atoms with Crippen LogP contribution < -0.4 is 20.5 Å². The number of nitrogens with zero attached hydrogens (tertiary/aromatic N) is 1. The number of hydrogen-bond donors (Lipinski definition) is 2. The number of urea groups is 1. The summed E-state index contributed by atoms with van der Waals surface area (Å²) in [6.45, 7) is 1.06. The van der Waals surface area contributed by atoms with Crippen LogP contribution in [-0.2, 0) is 4.79 Å². The van der Waals surface area contributed by atoms with Crippen molar-refractivity contribution in [1.29, 1.82) is 0 Å². The normalized spacial score (nSPS) is 17.4. The highest BCUT2D eigenvalue weighted by Crippen LogP contribution is 2.28. The quantitative estimate of drug-likeness (QED) is 0.767. The maximum atomic E-state index is 12.5. The maximum Gasteiger partial charge on any atom is 0.312 e. The van der Waals surface area contributed by atoms with Crippen LogP contribution in [0.2, 0.25) is 0 Å². The molecule has 0 bridgehead atoms. The van der Waals surface area contributed by atoms with E-state index in [9.17, 15) is 9.59 Å². The number of carbonyl (C=O) groups excluding carboxylic acids is 2. The van der Waals surface area contributed by atoms with Gasteiger partial charge in [-0.05, 0) is 43.0 Å². The maximum absolute atomic E-state index is 12.5. The number of nitrogens with one attached hydrogen (secondary N) is 1. The predicted octanol–water partition coefficient (Wildman–Crippen LogP) is 1.77. The number of amides is 3. The van der Waals surface area contributed by atoms with Crippen molar-refractivity contribution in [3.05, 3.63) is 29.8 Å². The summed E-state index contributed by atoms with van der Waals surface area (Å²) in [5, 5.41) is 2.59. The molecule has 2 rings (SSSR count). The molecule has 0 aliphatic carbocycles. The van der Waals surface area contributed by atoms with Crippen LogP contribution in [0, 0.1) is 0 Å². The molecule has 25 heavy (non-hydrogen) atoms. The number of carbonyl (C=O) groups is 2. The SMILES string of the molecule is COc1ccc(/C=C/C(=O)N2CCCC[C@@H]2CNC(N)=O)cc1OC. The van der Waals surface area contributed by atoms with Gasteiger partial charge < -0.3 is 25.4 Å². The summed E-state index contributed by atoms with van der Waals surface area (Å²) < 4.78 is 10.5. The first-order valence-corrected chi connectivity index (χ1v) is 8.29. The molecule has 1 aromatic carbocycles. The van der Waals surface area contributed by atoms with Crippen molar-refractivity contribution in [2.45, 2.75) is 25.3 Å². The highest BCUT2D eigenvalue weighted by molar-refractivity contribution is 5.92. The molecule has 3 amide bonds. The van der Waals surface area contributed by atoms with Gasteiger partial charge in [-0.1, -0.05) is 6.07 Å². The van der Waals surface area contributed by atoms with Crippen molar-refractivity contribution in [2.24, 2.45) is 5.73 Å². The van der Waals surface area contributed by atoms with E-state index in [1.807, 2.05) is 12.1 Å². The van der Waals surface area contributed by atoms with E-state index in [0.717, 1.165) is 24.8 Å². The van der Waals surface area contributed by atoms with Crippen LogP contribution in [0.4, 0.5) is 4.79 Å². The zero-order valence-electron chi connectivity index (χ0n) is 14.7. The van der Waals surface area contributed by atoms with E-state index in [4.69, 9.17) is 15.2 Å². The number of likely N-dealkylation sites (tertiary alicyclic amines) is 1. The van der Waals surface area contributed by atoms with Crippen molar-refractivity contribution in [3.63, 3.8) is 0 Å². The molecular formula is C18H25N3O4. The molecule has 0 aromatic heterocycles. The smallest absolute Gasteiger partial charge is 0.312 e. The molecule has 1 aliphatic heterocycles. The van der Waals surface area contributed by atoms with E-state index in [0.29, 0.717) is 24.6 Å². The molecule has 7 heteroatoms. The first-order chi connectivity index (χ1) is 12.0. The zero-order valence-corrected chi connectivity index (χ0v) is 14.7. The zero-order chi connectivity index (χ0) is 18.2. The van der Waals surface area contributed by atoms with E-state index in [1.54, 1.807) is 37.3 Å². The molecule has 1 fully saturated rings. The van der Waals surface area contributed by atoms with Crippen LogP contribution in [0.3, 0.4) is 0 Å². The van der Waals surface area contributed by atoms with Crippen LogP contribution in [0.1, 0.15) is 24.8 Å². The van der Waals surface area contributed by atoms with Gasteiger partial charge in [0.1, 0.15) is 0 Å². The van der Waals surface area contributed by atoms with Crippen LogP contribution in [0.5, 0.6) is 11.5 Å². The molecule has 1 saturated heterocycles. The van der Waals surface area contributed by atoms with Gasteiger partial charge in [0, 0.05) is 25.2 Å². The van der Waals surface area contributed by atoms with Gasteiger partial charge in [-0.3, -0.25) is 4.79 Å². The third-order valence-corrected chi connectivity index (χ3v) is 4.25. The predicted molar refractivity (Wildman–Crippen MR) is 95.5 cm³/mol. The van der Waals surface area contributed by atoms with Gasteiger partial charge in [0.15, 0.2) is 11.5 Å². The first kappa shape index (κ1) is 18.6. The van der Waals surface area contributed by atoms with E-state index >= 15 is 0 Å². The lowest BCUT2D eigenvalue weighted by Gasteiger charge is -2.35. The Morgan fingerprint density at radius 3 is 2.72 bits per heavy atom. The van der Waals surface area contributed by atoms with Gasteiger partial charge in [0.05, 0.1) is 14.2 Å². The lowest BCUT2D eigenvalue weighted by atomic mass is 10.0. The van der Waals surface area contributed by atoms with Crippen LogP contribution in [0.15, 0.2) is 24.3 Å². The number of piperidine rings is 1. The van der Waals surface area contributed by atoms with Gasteiger partial charge in [-0.2, -0.15) is 0 Å². The molecule has 0 radical (unpaired) electrons. The van der Waals surface area contributed by atoms with Gasteiger partial charge in [0.25, 0.3) is 0 Å². The van der Waals surface area contributed by atoms with Crippen molar-refractivity contribution in [2.75, 3.05) is 27.3 Å². The van der Waals surface area contributed by atoms with Crippen molar-refractivity contribution >= 4 is 18.0 Å². The minimum atomic E-state index is -0.571. The van der Waals surface area contributed by atoms with E-state index < -0.39 is 6.03 Å². The second-order valence-electron chi connectivity index (χ2n) is 5.87. The molecule has 1 aliphatic rings. The Labute approximate surface area is 147 Å². The highest BCUT2D eigenvalue weighted by Gasteiger charge is 2.25. The molecular weight excluding hydrogens is 322 g/mol. The first-order valence-electron chi connectivity index (χ1n) is 8.29. The minimum Gasteiger partial charge on any atom is -0.493 e. The van der Waals surface area contributed by atoms with E-state index in [2.05, 4.69) is 5.32 Å². The number of nitrogens with two attached hydrogens (primary N) is 1. The lowest BCUT2D eigenvalue weighted by Crippen LogP contribution is -2.49. The fourth-order valence-corrected chi connectivity index (χ4v) is 2.94. The summed E-state index contributed by atoms with van der Waals surface area (Å²) in [6, 6.07) is 4.87. The molecule has 3 N–H and O–H groups in total. The Balaban J connectivity index is 2.06. The molecule has 136 valence electrons. The van der Waals surface area contributed by atoms with Crippen molar-refractivity contribution in [3.8, 4) is 11.5 Å². The minimum absolute atomic E-state index is 0.0243. The summed E-state index contributed by atoms with van der Waals surface area (Å²) in [7, 11) is 3.15. The number of ether oxygens (including phenoxy) is 2. The summed E-state index contributed by atoms with van der Waals surface area (Å²) in [5.74, 6) is 1.17. The fraction of sp³-hybridized carbons (Fsp3) is 0.444. The monoisotopic (exact) mass is 347 g/mol. The summed E-state index contributed by atoms with van der Waals surface area (Å²) in [5.41, 5.74) is 5.97. The number of methoxy groups -OCH3 is 2. The Morgan fingerprint density at radius 1 is 1.28 bits per heavy atom. The lowest BCUT2D eigenvalue weighted by molar-refractivity contribution is -0.129. The Hall–Kier alpha value is -2.70. The second kappa shape index (κ2) is 8.96. The van der Waals surface area contributed by atoms with Gasteiger partial charge >= 0.3 is 6.03 Å². The van der Waals surface area contributed by atoms with Gasteiger partial charge in [-0.25, -0.2) is 4.79 Å². The van der Waals surface area contributed by atoms with Crippen LogP contribution >= 0.6 is 0 Å².